The summed E-state index contributed by atoms with van der Waals surface area (Å²) < 4.78 is 75.1. The summed E-state index contributed by atoms with van der Waals surface area (Å²) in [6.45, 7) is 5.02. The van der Waals surface area contributed by atoms with E-state index in [0.717, 1.165) is 31.6 Å². The summed E-state index contributed by atoms with van der Waals surface area (Å²) in [7, 11) is 0. The van der Waals surface area contributed by atoms with Crippen LogP contribution in [0.2, 0.25) is 0 Å². The van der Waals surface area contributed by atoms with Crippen molar-refractivity contribution in [1.29, 1.82) is 0 Å². The van der Waals surface area contributed by atoms with Crippen molar-refractivity contribution in [2.45, 2.75) is 63.8 Å². The minimum absolute atomic E-state index is 0.0544. The van der Waals surface area contributed by atoms with Gasteiger partial charge in [-0.05, 0) is 51.3 Å². The summed E-state index contributed by atoms with van der Waals surface area (Å²) in [5, 5.41) is 13.8. The number of carbonyl (C=O) groups is 2. The van der Waals surface area contributed by atoms with Gasteiger partial charge in [-0.2, -0.15) is 26.3 Å². The molecule has 1 aromatic carbocycles. The molecule has 1 saturated heterocycles. The lowest BCUT2D eigenvalue weighted by Gasteiger charge is -2.33. The number of piperidine rings is 1. The average molecular weight is 538 g/mol. The molecule has 37 heavy (non-hydrogen) atoms. The van der Waals surface area contributed by atoms with Crippen LogP contribution in [0.4, 0.5) is 26.3 Å². The lowest BCUT2D eigenvalue weighted by Crippen LogP contribution is -2.39. The van der Waals surface area contributed by atoms with Crippen molar-refractivity contribution < 1.29 is 45.6 Å². The van der Waals surface area contributed by atoms with Crippen LogP contribution in [0.3, 0.4) is 0 Å². The van der Waals surface area contributed by atoms with Gasteiger partial charge in [0.1, 0.15) is 0 Å². The summed E-state index contributed by atoms with van der Waals surface area (Å²) in [4.78, 5) is 23.5. The number of aryl methyl sites for hydroxylation is 1. The number of nitrogens with one attached hydrogen (secondary N) is 1. The fraction of sp³-hybridized carbons (Fsp3) is 0.542. The first-order valence-electron chi connectivity index (χ1n) is 11.7. The van der Waals surface area contributed by atoms with E-state index < -0.39 is 23.9 Å². The molecule has 1 unspecified atom stereocenters. The highest BCUT2D eigenvalue weighted by atomic mass is 19.4. The van der Waals surface area contributed by atoms with E-state index in [0.29, 0.717) is 35.9 Å². The first kappa shape index (κ1) is 30.1. The smallest absolute Gasteiger partial charge is 0.475 e. The summed E-state index contributed by atoms with van der Waals surface area (Å²) in [6.07, 6.45) is -2.57. The van der Waals surface area contributed by atoms with Crippen molar-refractivity contribution in [2.24, 2.45) is 0 Å². The van der Waals surface area contributed by atoms with Gasteiger partial charge in [0.05, 0.1) is 11.8 Å². The molecule has 13 heteroatoms. The molecular weight excluding hydrogens is 508 g/mol. The molecule has 1 atom stereocenters. The minimum Gasteiger partial charge on any atom is -0.475 e. The number of aromatic nitrogens is 1. The van der Waals surface area contributed by atoms with Crippen molar-refractivity contribution in [3.05, 3.63) is 41.6 Å². The van der Waals surface area contributed by atoms with Crippen LogP contribution < -0.4 is 5.32 Å². The van der Waals surface area contributed by atoms with Gasteiger partial charge < -0.3 is 19.8 Å². The number of nitrogens with zero attached hydrogens (tertiary/aromatic N) is 2. The van der Waals surface area contributed by atoms with Crippen LogP contribution in [0, 0.1) is 0 Å². The van der Waals surface area contributed by atoms with Crippen molar-refractivity contribution in [2.75, 3.05) is 19.6 Å². The number of likely N-dealkylation sites (tertiary alicyclic amines) is 1. The molecule has 2 aromatic rings. The number of halogens is 6. The quantitative estimate of drug-likeness (QED) is 0.350. The summed E-state index contributed by atoms with van der Waals surface area (Å²) in [6, 6.07) is 5.35. The van der Waals surface area contributed by atoms with Crippen LogP contribution in [0.25, 0.3) is 11.3 Å². The third-order valence-electron chi connectivity index (χ3n) is 5.87. The number of carboxylic acids is 1. The highest BCUT2D eigenvalue weighted by Crippen LogP contribution is 2.32. The van der Waals surface area contributed by atoms with E-state index in [1.54, 1.807) is 0 Å². The SMILES string of the molecule is CC1CCCCN1CCCNC(=O)CCc1cnoc1-c1ccc(C(F)(F)F)cc1.O=C(O)C(F)(F)F. The van der Waals surface area contributed by atoms with Gasteiger partial charge in [-0.25, -0.2) is 4.79 Å². The summed E-state index contributed by atoms with van der Waals surface area (Å²) in [5.74, 6) is -2.41. The minimum atomic E-state index is -5.08. The Labute approximate surface area is 209 Å². The van der Waals surface area contributed by atoms with Gasteiger partial charge >= 0.3 is 18.3 Å². The first-order valence-corrected chi connectivity index (χ1v) is 11.7. The van der Waals surface area contributed by atoms with E-state index in [4.69, 9.17) is 14.4 Å². The molecule has 0 aliphatic carbocycles. The second-order valence-corrected chi connectivity index (χ2v) is 8.64. The van der Waals surface area contributed by atoms with Gasteiger partial charge in [0, 0.05) is 36.7 Å². The summed E-state index contributed by atoms with van der Waals surface area (Å²) in [5.41, 5.74) is 0.490. The Morgan fingerprint density at radius 1 is 1.14 bits per heavy atom. The largest absolute Gasteiger partial charge is 0.490 e. The van der Waals surface area contributed by atoms with Crippen LogP contribution in [-0.4, -0.2) is 58.9 Å². The maximum atomic E-state index is 12.7. The Hall–Kier alpha value is -3.09. The Kier molecular flexibility index (Phi) is 11.0. The molecule has 206 valence electrons. The molecule has 0 bridgehead atoms. The van der Waals surface area contributed by atoms with E-state index in [1.807, 2.05) is 0 Å². The van der Waals surface area contributed by atoms with E-state index in [2.05, 4.69) is 22.3 Å². The molecule has 3 rings (SSSR count). The maximum absolute atomic E-state index is 12.7. The molecule has 1 amide bonds. The van der Waals surface area contributed by atoms with Crippen LogP contribution >= 0.6 is 0 Å². The molecule has 0 saturated carbocycles. The van der Waals surface area contributed by atoms with Crippen LogP contribution in [0.1, 0.15) is 50.2 Å². The van der Waals surface area contributed by atoms with Gasteiger partial charge in [-0.15, -0.1) is 0 Å². The van der Waals surface area contributed by atoms with E-state index in [1.165, 1.54) is 37.6 Å². The van der Waals surface area contributed by atoms with Gasteiger partial charge in [-0.3, -0.25) is 4.79 Å². The molecule has 0 spiro atoms. The van der Waals surface area contributed by atoms with Crippen LogP contribution in [-0.2, 0) is 22.2 Å². The predicted octanol–water partition coefficient (Wildman–Crippen LogP) is 5.31. The standard InChI is InChI=1S/C22H28F3N3O2.C2HF3O2/c1-16-5-2-3-13-28(16)14-4-12-26-20(29)11-8-18-15-27-30-21(18)17-6-9-19(10-7-17)22(23,24)25;3-2(4,5)1(6)7/h6-7,9-10,15-16H,2-5,8,11-14H2,1H3,(H,26,29);(H,6,7). The Morgan fingerprint density at radius 2 is 1.78 bits per heavy atom. The van der Waals surface area contributed by atoms with Crippen LogP contribution in [0.15, 0.2) is 35.0 Å². The normalized spacial score (nSPS) is 16.6. The lowest BCUT2D eigenvalue weighted by atomic mass is 10.0. The molecule has 1 fully saturated rings. The fourth-order valence-corrected chi connectivity index (χ4v) is 3.82. The fourth-order valence-electron chi connectivity index (χ4n) is 3.82. The monoisotopic (exact) mass is 537 g/mol. The molecular formula is C24H29F6N3O4. The van der Waals surface area contributed by atoms with E-state index in [9.17, 15) is 31.1 Å². The van der Waals surface area contributed by atoms with E-state index >= 15 is 0 Å². The Morgan fingerprint density at radius 3 is 2.35 bits per heavy atom. The zero-order chi connectivity index (χ0) is 27.6. The van der Waals surface area contributed by atoms with Gasteiger partial charge in [0.2, 0.25) is 5.91 Å². The molecule has 2 N–H and O–H groups in total. The number of carboxylic acid groups (broad SMARTS) is 1. The highest BCUT2D eigenvalue weighted by Gasteiger charge is 2.38. The second kappa shape index (κ2) is 13.5. The third-order valence-corrected chi connectivity index (χ3v) is 5.87. The predicted molar refractivity (Wildman–Crippen MR) is 121 cm³/mol. The number of aliphatic carboxylic acids is 1. The number of hydrogen-bond donors (Lipinski definition) is 2. The van der Waals surface area contributed by atoms with E-state index in [-0.39, 0.29) is 12.3 Å². The van der Waals surface area contributed by atoms with Crippen molar-refractivity contribution in [3.63, 3.8) is 0 Å². The zero-order valence-electron chi connectivity index (χ0n) is 20.2. The van der Waals surface area contributed by atoms with Crippen molar-refractivity contribution in [1.82, 2.24) is 15.4 Å². The second-order valence-electron chi connectivity index (χ2n) is 8.64. The average Bonchev–Trinajstić information content (AvgIpc) is 3.29. The molecule has 7 nitrogen and oxygen atoms in total. The topological polar surface area (TPSA) is 95.7 Å². The first-order chi connectivity index (χ1) is 17.3. The summed E-state index contributed by atoms with van der Waals surface area (Å²) >= 11 is 0. The number of benzene rings is 1. The number of hydrogen-bond acceptors (Lipinski definition) is 5. The molecule has 1 aliphatic heterocycles. The molecule has 1 aliphatic rings. The van der Waals surface area contributed by atoms with Gasteiger partial charge in [-0.1, -0.05) is 23.7 Å². The Balaban J connectivity index is 0.000000604. The van der Waals surface area contributed by atoms with Gasteiger partial charge in [0.25, 0.3) is 0 Å². The molecule has 0 radical (unpaired) electrons. The van der Waals surface area contributed by atoms with Gasteiger partial charge in [0.15, 0.2) is 5.76 Å². The number of alkyl halides is 6. The number of carbonyl (C=O) groups excluding carboxylic acids is 1. The maximum Gasteiger partial charge on any atom is 0.490 e. The third kappa shape index (κ3) is 10.1. The van der Waals surface area contributed by atoms with Crippen molar-refractivity contribution >= 4 is 11.9 Å². The number of amides is 1. The van der Waals surface area contributed by atoms with Crippen molar-refractivity contribution in [3.8, 4) is 11.3 Å². The Bertz CT molecular complexity index is 1010. The highest BCUT2D eigenvalue weighted by molar-refractivity contribution is 5.76. The van der Waals surface area contributed by atoms with Crippen LogP contribution in [0.5, 0.6) is 0 Å². The lowest BCUT2D eigenvalue weighted by molar-refractivity contribution is -0.192. The molecule has 2 heterocycles. The molecule has 1 aromatic heterocycles. The number of rotatable bonds is 8. The zero-order valence-corrected chi connectivity index (χ0v) is 20.2.